The van der Waals surface area contributed by atoms with Crippen molar-refractivity contribution in [2.45, 2.75) is 25.2 Å². The van der Waals surface area contributed by atoms with Crippen LogP contribution in [-0.4, -0.2) is 49.7 Å². The zero-order chi connectivity index (χ0) is 23.9. The maximum Gasteiger partial charge on any atom is 0.305 e. The molecule has 2 N–H and O–H groups in total. The Morgan fingerprint density at radius 1 is 0.844 bits per heavy atom. The van der Waals surface area contributed by atoms with Gasteiger partial charge in [0.2, 0.25) is 0 Å². The van der Waals surface area contributed by atoms with Crippen molar-refractivity contribution in [3.63, 3.8) is 0 Å². The molecule has 0 atom stereocenters. The highest BCUT2D eigenvalue weighted by atomic mass is 79.9. The molecule has 6 nitrogen and oxygen atoms in total. The predicted octanol–water partition coefficient (Wildman–Crippen LogP) is 5.74. The zero-order valence-corrected chi connectivity index (χ0v) is 23.9. The smallest absolute Gasteiger partial charge is 0.305 e. The second kappa shape index (κ2) is 12.7. The average Bonchev–Trinajstić information content (AvgIpc) is 2.75. The van der Waals surface area contributed by atoms with Crippen molar-refractivity contribution >= 4 is 69.7 Å². The Morgan fingerprint density at radius 3 is 1.53 bits per heavy atom. The molecule has 2 aromatic rings. The van der Waals surface area contributed by atoms with Gasteiger partial charge in [-0.3, -0.25) is 4.79 Å². The summed E-state index contributed by atoms with van der Waals surface area (Å²) in [6, 6.07) is 7.80. The van der Waals surface area contributed by atoms with Gasteiger partial charge in [-0.1, -0.05) is 6.92 Å². The number of ether oxygens (including phenoxy) is 3. The molecule has 0 unspecified atom stereocenters. The number of benzene rings is 2. The molecule has 10 heteroatoms. The average molecular weight is 704 g/mol. The van der Waals surface area contributed by atoms with E-state index < -0.39 is 5.41 Å². The van der Waals surface area contributed by atoms with E-state index in [0.717, 1.165) is 29.0 Å². The molecule has 32 heavy (non-hydrogen) atoms. The van der Waals surface area contributed by atoms with Gasteiger partial charge in [0.1, 0.15) is 24.7 Å². The molecule has 0 amide bonds. The number of hydrogen-bond donors (Lipinski definition) is 2. The fourth-order valence-electron chi connectivity index (χ4n) is 3.24. The van der Waals surface area contributed by atoms with E-state index in [0.29, 0.717) is 17.9 Å². The van der Waals surface area contributed by atoms with Crippen molar-refractivity contribution in [1.29, 1.82) is 0 Å². The third kappa shape index (κ3) is 6.70. The minimum Gasteiger partial charge on any atom is -0.489 e. The van der Waals surface area contributed by atoms with Crippen molar-refractivity contribution in [2.75, 3.05) is 33.5 Å². The fraction of sp³-hybridized carbons (Fsp3) is 0.409. The molecule has 0 aliphatic carbocycles. The lowest BCUT2D eigenvalue weighted by atomic mass is 9.73. The lowest BCUT2D eigenvalue weighted by Gasteiger charge is -2.32. The van der Waals surface area contributed by atoms with E-state index in [1.54, 1.807) is 0 Å². The summed E-state index contributed by atoms with van der Waals surface area (Å²) in [5, 5.41) is 18.2. The van der Waals surface area contributed by atoms with Crippen molar-refractivity contribution in [3.8, 4) is 11.5 Å². The number of carbonyl (C=O) groups excluding carboxylic acids is 1. The molecular formula is C22H24Br4O6. The summed E-state index contributed by atoms with van der Waals surface area (Å²) >= 11 is 14.3. The number of halogens is 4. The molecule has 0 radical (unpaired) electrons. The van der Waals surface area contributed by atoms with E-state index in [1.807, 2.05) is 24.3 Å². The normalized spacial score (nSPS) is 11.4. The number of aliphatic hydroxyl groups excluding tert-OH is 2. The molecule has 0 aliphatic rings. The summed E-state index contributed by atoms with van der Waals surface area (Å²) in [6.07, 6.45) is 0.716. The summed E-state index contributed by atoms with van der Waals surface area (Å²) in [7, 11) is 1.38. The lowest BCUT2D eigenvalue weighted by molar-refractivity contribution is -0.140. The first-order valence-electron chi connectivity index (χ1n) is 9.71. The summed E-state index contributed by atoms with van der Waals surface area (Å²) < 4.78 is 19.0. The summed E-state index contributed by atoms with van der Waals surface area (Å²) in [5.74, 6) is 0.889. The number of carbonyl (C=O) groups is 1. The van der Waals surface area contributed by atoms with Gasteiger partial charge in [-0.05, 0) is 106 Å². The molecule has 0 saturated carbocycles. The second-order valence-electron chi connectivity index (χ2n) is 7.09. The Hall–Kier alpha value is -0.650. The molecule has 0 spiro atoms. The Labute approximate surface area is 221 Å². The SMILES string of the molecule is COC(=O)CCC(C)(c1cc(Br)c(OCCO)c(Br)c1)c1cc(Br)c(OCCO)c(Br)c1. The molecule has 0 aromatic heterocycles. The van der Waals surface area contributed by atoms with Crippen LogP contribution in [0.3, 0.4) is 0 Å². The summed E-state index contributed by atoms with van der Waals surface area (Å²) in [5.41, 5.74) is 1.31. The monoisotopic (exact) mass is 700 g/mol. The number of esters is 1. The Bertz CT molecular complexity index is 841. The van der Waals surface area contributed by atoms with Gasteiger partial charge in [-0.15, -0.1) is 0 Å². The fourth-order valence-corrected chi connectivity index (χ4v) is 6.07. The molecular weight excluding hydrogens is 680 g/mol. The Kier molecular flexibility index (Phi) is 11.0. The van der Waals surface area contributed by atoms with Crippen LogP contribution in [0.5, 0.6) is 11.5 Å². The topological polar surface area (TPSA) is 85.2 Å². The van der Waals surface area contributed by atoms with Crippen LogP contribution in [-0.2, 0) is 14.9 Å². The largest absolute Gasteiger partial charge is 0.489 e. The lowest BCUT2D eigenvalue weighted by Crippen LogP contribution is -2.25. The third-order valence-electron chi connectivity index (χ3n) is 5.00. The van der Waals surface area contributed by atoms with Gasteiger partial charge in [-0.25, -0.2) is 0 Å². The minimum absolute atomic E-state index is 0.0930. The Morgan fingerprint density at radius 2 is 1.22 bits per heavy atom. The first kappa shape index (κ1) is 27.6. The van der Waals surface area contributed by atoms with Crippen LogP contribution in [0.1, 0.15) is 30.9 Å². The molecule has 0 bridgehead atoms. The molecule has 2 rings (SSSR count). The highest BCUT2D eigenvalue weighted by Crippen LogP contribution is 2.46. The van der Waals surface area contributed by atoms with Gasteiger partial charge >= 0.3 is 5.97 Å². The van der Waals surface area contributed by atoms with Crippen molar-refractivity contribution in [1.82, 2.24) is 0 Å². The van der Waals surface area contributed by atoms with Crippen LogP contribution in [0.15, 0.2) is 42.2 Å². The van der Waals surface area contributed by atoms with E-state index in [1.165, 1.54) is 7.11 Å². The van der Waals surface area contributed by atoms with E-state index >= 15 is 0 Å². The highest BCUT2D eigenvalue weighted by Gasteiger charge is 2.32. The second-order valence-corrected chi connectivity index (χ2v) is 10.5. The Balaban J connectivity index is 2.59. The zero-order valence-electron chi connectivity index (χ0n) is 17.6. The standard InChI is InChI=1S/C22H24Br4O6/c1-22(4-3-19(29)30-2,13-9-15(23)20(16(24)10-13)31-7-5-27)14-11-17(25)21(18(26)12-14)32-8-6-28/h9-12,27-28H,3-8H2,1-2H3. The number of aliphatic hydroxyl groups is 2. The van der Waals surface area contributed by atoms with Crippen molar-refractivity contribution in [2.24, 2.45) is 0 Å². The van der Waals surface area contributed by atoms with Crippen LogP contribution >= 0.6 is 63.7 Å². The van der Waals surface area contributed by atoms with Gasteiger partial charge in [0.25, 0.3) is 0 Å². The third-order valence-corrected chi connectivity index (χ3v) is 7.36. The van der Waals surface area contributed by atoms with Crippen molar-refractivity contribution in [3.05, 3.63) is 53.3 Å². The maximum absolute atomic E-state index is 12.0. The minimum atomic E-state index is -0.574. The molecule has 2 aromatic carbocycles. The van der Waals surface area contributed by atoms with Crippen LogP contribution in [0, 0.1) is 0 Å². The molecule has 0 saturated heterocycles. The number of hydrogen-bond acceptors (Lipinski definition) is 6. The maximum atomic E-state index is 12.0. The highest BCUT2D eigenvalue weighted by molar-refractivity contribution is 9.11. The predicted molar refractivity (Wildman–Crippen MR) is 137 cm³/mol. The van der Waals surface area contributed by atoms with Gasteiger partial charge in [-0.2, -0.15) is 0 Å². The summed E-state index contributed by atoms with van der Waals surface area (Å²) in [4.78, 5) is 12.0. The van der Waals surface area contributed by atoms with Gasteiger partial charge in [0.05, 0.1) is 38.2 Å². The molecule has 0 heterocycles. The first-order valence-corrected chi connectivity index (χ1v) is 12.9. The quantitative estimate of drug-likeness (QED) is 0.291. The van der Waals surface area contributed by atoms with Gasteiger partial charge < -0.3 is 24.4 Å². The van der Waals surface area contributed by atoms with Crippen LogP contribution in [0.4, 0.5) is 0 Å². The number of methoxy groups -OCH3 is 1. The van der Waals surface area contributed by atoms with Crippen molar-refractivity contribution < 1.29 is 29.2 Å². The van der Waals surface area contributed by atoms with Crippen LogP contribution < -0.4 is 9.47 Å². The summed E-state index contributed by atoms with van der Waals surface area (Å²) in [6.45, 7) is 2.21. The van der Waals surface area contributed by atoms with E-state index in [-0.39, 0.29) is 38.8 Å². The molecule has 0 fully saturated rings. The molecule has 176 valence electrons. The number of rotatable bonds is 11. The van der Waals surface area contributed by atoms with Gasteiger partial charge in [0.15, 0.2) is 0 Å². The van der Waals surface area contributed by atoms with E-state index in [9.17, 15) is 4.79 Å². The van der Waals surface area contributed by atoms with Gasteiger partial charge in [0, 0.05) is 11.8 Å². The van der Waals surface area contributed by atoms with Crippen LogP contribution in [0.25, 0.3) is 0 Å². The van der Waals surface area contributed by atoms with E-state index in [4.69, 9.17) is 24.4 Å². The first-order chi connectivity index (χ1) is 15.2. The van der Waals surface area contributed by atoms with E-state index in [2.05, 4.69) is 70.6 Å². The van der Waals surface area contributed by atoms with Crippen LogP contribution in [0.2, 0.25) is 0 Å². The molecule has 0 aliphatic heterocycles.